The van der Waals surface area contributed by atoms with E-state index >= 15 is 0 Å². The number of carbonyl (C=O) groups is 1. The highest BCUT2D eigenvalue weighted by atomic mass is 16.5. The number of carbonyl (C=O) groups excluding carboxylic acids is 1. The molecule has 1 unspecified atom stereocenters. The van der Waals surface area contributed by atoms with E-state index in [0.29, 0.717) is 0 Å². The molecule has 0 heterocycles. The summed E-state index contributed by atoms with van der Waals surface area (Å²) in [6, 6.07) is 8.01. The smallest absolute Gasteiger partial charge is 0.313 e. The van der Waals surface area contributed by atoms with E-state index in [9.17, 15) is 9.90 Å². The normalized spacial score (nSPS) is 13.1. The fourth-order valence-electron chi connectivity index (χ4n) is 2.31. The molecule has 0 amide bonds. The maximum absolute atomic E-state index is 12.0. The van der Waals surface area contributed by atoms with Crippen molar-refractivity contribution in [3.8, 4) is 0 Å². The van der Waals surface area contributed by atoms with E-state index in [1.54, 1.807) is 0 Å². The largest absolute Gasteiger partial charge is 0.469 e. The van der Waals surface area contributed by atoms with Crippen molar-refractivity contribution in [2.75, 3.05) is 13.7 Å². The number of methoxy groups -OCH3 is 1. The van der Waals surface area contributed by atoms with Crippen molar-refractivity contribution in [3.63, 3.8) is 0 Å². The summed E-state index contributed by atoms with van der Waals surface area (Å²) in [7, 11) is 1.43. The SMILES string of the molecule is COC(=O)C(CCCC(C)(C)CO)c1cccc(C)c1. The van der Waals surface area contributed by atoms with Gasteiger partial charge in [-0.25, -0.2) is 0 Å². The Balaban J connectivity index is 2.74. The molecule has 0 aromatic heterocycles. The summed E-state index contributed by atoms with van der Waals surface area (Å²) in [5.74, 6) is -0.396. The minimum Gasteiger partial charge on any atom is -0.469 e. The topological polar surface area (TPSA) is 46.5 Å². The number of rotatable bonds is 7. The van der Waals surface area contributed by atoms with Crippen LogP contribution >= 0.6 is 0 Å². The zero-order chi connectivity index (χ0) is 15.2. The van der Waals surface area contributed by atoms with Crippen LogP contribution in [-0.2, 0) is 9.53 Å². The molecule has 1 aromatic rings. The van der Waals surface area contributed by atoms with Crippen molar-refractivity contribution < 1.29 is 14.6 Å². The van der Waals surface area contributed by atoms with Gasteiger partial charge in [0, 0.05) is 6.61 Å². The molecular formula is C17H26O3. The summed E-state index contributed by atoms with van der Waals surface area (Å²) >= 11 is 0. The van der Waals surface area contributed by atoms with Gasteiger partial charge in [-0.15, -0.1) is 0 Å². The van der Waals surface area contributed by atoms with E-state index in [1.165, 1.54) is 7.11 Å². The predicted octanol–water partition coefficient (Wildman–Crippen LogP) is 3.44. The van der Waals surface area contributed by atoms with E-state index in [-0.39, 0.29) is 23.9 Å². The van der Waals surface area contributed by atoms with Crippen LogP contribution in [0, 0.1) is 12.3 Å². The molecule has 0 aliphatic heterocycles. The molecule has 0 saturated carbocycles. The Morgan fingerprint density at radius 1 is 1.40 bits per heavy atom. The molecule has 0 radical (unpaired) electrons. The first-order valence-electron chi connectivity index (χ1n) is 7.15. The number of benzene rings is 1. The number of hydrogen-bond acceptors (Lipinski definition) is 3. The highest BCUT2D eigenvalue weighted by Gasteiger charge is 2.23. The molecule has 0 fully saturated rings. The molecule has 3 nitrogen and oxygen atoms in total. The third kappa shape index (κ3) is 4.97. The van der Waals surface area contributed by atoms with Crippen molar-refractivity contribution in [2.24, 2.45) is 5.41 Å². The second-order valence-electron chi connectivity index (χ2n) is 6.20. The lowest BCUT2D eigenvalue weighted by atomic mass is 9.85. The van der Waals surface area contributed by atoms with Crippen molar-refractivity contribution >= 4 is 5.97 Å². The minimum absolute atomic E-state index is 0.0900. The lowest BCUT2D eigenvalue weighted by Crippen LogP contribution is -2.19. The summed E-state index contributed by atoms with van der Waals surface area (Å²) in [4.78, 5) is 12.0. The van der Waals surface area contributed by atoms with Crippen LogP contribution in [0.3, 0.4) is 0 Å². The highest BCUT2D eigenvalue weighted by molar-refractivity contribution is 5.78. The zero-order valence-corrected chi connectivity index (χ0v) is 13.0. The summed E-state index contributed by atoms with van der Waals surface area (Å²) in [6.07, 6.45) is 2.53. The Morgan fingerprint density at radius 3 is 2.65 bits per heavy atom. The maximum atomic E-state index is 12.0. The second kappa shape index (κ2) is 7.44. The summed E-state index contributed by atoms with van der Waals surface area (Å²) in [5.41, 5.74) is 2.07. The molecule has 0 aliphatic carbocycles. The fraction of sp³-hybridized carbons (Fsp3) is 0.588. The Labute approximate surface area is 122 Å². The number of ether oxygens (including phenoxy) is 1. The van der Waals surface area contributed by atoms with Gasteiger partial charge >= 0.3 is 5.97 Å². The molecule has 0 aliphatic rings. The van der Waals surface area contributed by atoms with Crippen LogP contribution in [0.25, 0.3) is 0 Å². The lowest BCUT2D eigenvalue weighted by molar-refractivity contribution is -0.142. The molecule has 1 N–H and O–H groups in total. The Kier molecular flexibility index (Phi) is 6.21. The zero-order valence-electron chi connectivity index (χ0n) is 13.0. The second-order valence-corrected chi connectivity index (χ2v) is 6.20. The Morgan fingerprint density at radius 2 is 2.10 bits per heavy atom. The number of aliphatic hydroxyl groups is 1. The van der Waals surface area contributed by atoms with E-state index in [1.807, 2.05) is 45.0 Å². The molecule has 1 aromatic carbocycles. The van der Waals surface area contributed by atoms with Gasteiger partial charge in [0.2, 0.25) is 0 Å². The van der Waals surface area contributed by atoms with Crippen molar-refractivity contribution in [2.45, 2.75) is 46.0 Å². The molecule has 20 heavy (non-hydrogen) atoms. The van der Waals surface area contributed by atoms with Crippen molar-refractivity contribution in [1.29, 1.82) is 0 Å². The molecular weight excluding hydrogens is 252 g/mol. The summed E-state index contributed by atoms with van der Waals surface area (Å²) in [6.45, 7) is 6.26. The van der Waals surface area contributed by atoms with E-state index in [2.05, 4.69) is 0 Å². The third-order valence-corrected chi connectivity index (χ3v) is 3.70. The number of hydrogen-bond donors (Lipinski definition) is 1. The van der Waals surface area contributed by atoms with Crippen LogP contribution < -0.4 is 0 Å². The van der Waals surface area contributed by atoms with Gasteiger partial charge in [-0.05, 0) is 30.7 Å². The van der Waals surface area contributed by atoms with Crippen LogP contribution in [0.15, 0.2) is 24.3 Å². The molecule has 0 saturated heterocycles. The first kappa shape index (κ1) is 16.7. The van der Waals surface area contributed by atoms with Gasteiger partial charge in [-0.1, -0.05) is 50.1 Å². The van der Waals surface area contributed by atoms with Crippen LogP contribution in [0.1, 0.15) is 50.2 Å². The molecule has 112 valence electrons. The quantitative estimate of drug-likeness (QED) is 0.777. The van der Waals surface area contributed by atoms with Gasteiger partial charge in [0.15, 0.2) is 0 Å². The van der Waals surface area contributed by atoms with Gasteiger partial charge in [0.25, 0.3) is 0 Å². The fourth-order valence-corrected chi connectivity index (χ4v) is 2.31. The van der Waals surface area contributed by atoms with Crippen molar-refractivity contribution in [1.82, 2.24) is 0 Å². The van der Waals surface area contributed by atoms with Crippen LogP contribution in [0.5, 0.6) is 0 Å². The predicted molar refractivity (Wildman–Crippen MR) is 80.7 cm³/mol. The molecule has 1 rings (SSSR count). The first-order valence-corrected chi connectivity index (χ1v) is 7.15. The van der Waals surface area contributed by atoms with E-state index in [4.69, 9.17) is 4.74 Å². The van der Waals surface area contributed by atoms with Crippen LogP contribution in [-0.4, -0.2) is 24.8 Å². The molecule has 0 bridgehead atoms. The summed E-state index contributed by atoms with van der Waals surface area (Å²) < 4.78 is 4.93. The first-order chi connectivity index (χ1) is 9.39. The number of aryl methyl sites for hydroxylation is 1. The van der Waals surface area contributed by atoms with Gasteiger partial charge in [0.05, 0.1) is 13.0 Å². The average Bonchev–Trinajstić information content (AvgIpc) is 2.43. The third-order valence-electron chi connectivity index (χ3n) is 3.70. The van der Waals surface area contributed by atoms with Crippen LogP contribution in [0.4, 0.5) is 0 Å². The minimum atomic E-state index is -0.214. The number of aliphatic hydroxyl groups excluding tert-OH is 1. The monoisotopic (exact) mass is 278 g/mol. The van der Waals surface area contributed by atoms with E-state index < -0.39 is 0 Å². The lowest BCUT2D eigenvalue weighted by Gasteiger charge is -2.23. The summed E-state index contributed by atoms with van der Waals surface area (Å²) in [5, 5.41) is 9.28. The molecule has 1 atom stereocenters. The maximum Gasteiger partial charge on any atom is 0.313 e. The van der Waals surface area contributed by atoms with Gasteiger partial charge in [0.1, 0.15) is 0 Å². The Bertz CT molecular complexity index is 438. The van der Waals surface area contributed by atoms with Crippen molar-refractivity contribution in [3.05, 3.63) is 35.4 Å². The number of esters is 1. The molecule has 3 heteroatoms. The van der Waals surface area contributed by atoms with Gasteiger partial charge in [-0.2, -0.15) is 0 Å². The highest BCUT2D eigenvalue weighted by Crippen LogP contribution is 2.28. The molecule has 0 spiro atoms. The average molecular weight is 278 g/mol. The Hall–Kier alpha value is -1.35. The van der Waals surface area contributed by atoms with Gasteiger partial charge < -0.3 is 9.84 Å². The van der Waals surface area contributed by atoms with Crippen LogP contribution in [0.2, 0.25) is 0 Å². The van der Waals surface area contributed by atoms with E-state index in [0.717, 1.165) is 30.4 Å². The van der Waals surface area contributed by atoms with Gasteiger partial charge in [-0.3, -0.25) is 4.79 Å². The standard InChI is InChI=1S/C17H26O3/c1-13-7-5-8-14(11-13)15(16(19)20-4)9-6-10-17(2,3)12-18/h5,7-8,11,15,18H,6,9-10,12H2,1-4H3.